The zero-order valence-corrected chi connectivity index (χ0v) is 17.8. The molecule has 2 aliphatic heterocycles. The van der Waals surface area contributed by atoms with Crippen molar-refractivity contribution in [2.45, 2.75) is 24.8 Å². The van der Waals surface area contributed by atoms with Gasteiger partial charge in [0.25, 0.3) is 0 Å². The van der Waals surface area contributed by atoms with E-state index in [0.717, 1.165) is 5.56 Å². The quantitative estimate of drug-likeness (QED) is 0.677. The molecule has 0 unspecified atom stereocenters. The predicted molar refractivity (Wildman–Crippen MR) is 113 cm³/mol. The second-order valence-corrected chi connectivity index (χ2v) is 10.9. The number of amidine groups is 1. The molecule has 4 nitrogen and oxygen atoms in total. The van der Waals surface area contributed by atoms with Crippen molar-refractivity contribution in [3.05, 3.63) is 63.9 Å². The fourth-order valence-corrected chi connectivity index (χ4v) is 6.67. The first-order valence-electron chi connectivity index (χ1n) is 8.53. The molecular weight excluding hydrogens is 451 g/mol. The number of fused-ring (bicyclic) bond motifs is 1. The van der Waals surface area contributed by atoms with Crippen molar-refractivity contribution in [3.63, 3.8) is 0 Å². The topological polar surface area (TPSA) is 49.7 Å². The molecule has 142 valence electrons. The van der Waals surface area contributed by atoms with Crippen LogP contribution in [0.4, 0.5) is 10.1 Å². The molecule has 1 saturated heterocycles. The minimum absolute atomic E-state index is 0.00522. The van der Waals surface area contributed by atoms with Crippen LogP contribution in [0.15, 0.2) is 51.9 Å². The first kappa shape index (κ1) is 19.0. The van der Waals surface area contributed by atoms with Crippen LogP contribution >= 0.6 is 27.7 Å². The van der Waals surface area contributed by atoms with Gasteiger partial charge >= 0.3 is 0 Å². The maximum absolute atomic E-state index is 14.6. The molecule has 0 saturated carbocycles. The normalized spacial score (nSPS) is 23.4. The Morgan fingerprint density at radius 1 is 1.22 bits per heavy atom. The number of hydrogen-bond acceptors (Lipinski definition) is 5. The fourth-order valence-electron chi connectivity index (χ4n) is 3.42. The van der Waals surface area contributed by atoms with Gasteiger partial charge in [0.05, 0.1) is 29.3 Å². The first-order chi connectivity index (χ1) is 12.8. The van der Waals surface area contributed by atoms with Gasteiger partial charge in [-0.15, -0.1) is 0 Å². The highest BCUT2D eigenvalue weighted by atomic mass is 79.9. The number of halogens is 2. The van der Waals surface area contributed by atoms with E-state index in [0.29, 0.717) is 21.1 Å². The molecule has 0 aromatic heterocycles. The van der Waals surface area contributed by atoms with E-state index in [1.54, 1.807) is 17.0 Å². The van der Waals surface area contributed by atoms with Gasteiger partial charge in [0.2, 0.25) is 0 Å². The third-order valence-electron chi connectivity index (χ3n) is 4.77. The third-order valence-corrected chi connectivity index (χ3v) is 8.00. The summed E-state index contributed by atoms with van der Waals surface area (Å²) in [7, 11) is -3.15. The Labute approximate surface area is 170 Å². The number of aliphatic imine (C=N–C) groups is 1. The second-order valence-electron chi connectivity index (χ2n) is 6.86. The van der Waals surface area contributed by atoms with Crippen LogP contribution in [0, 0.1) is 12.7 Å². The molecule has 2 aromatic rings. The molecule has 27 heavy (non-hydrogen) atoms. The molecule has 0 spiro atoms. The van der Waals surface area contributed by atoms with Crippen LogP contribution in [0.1, 0.15) is 11.1 Å². The molecule has 1 fully saturated rings. The summed E-state index contributed by atoms with van der Waals surface area (Å²) in [5, 5.41) is 0.682. The fraction of sp³-hybridized carbons (Fsp3) is 0.316. The smallest absolute Gasteiger partial charge is 0.164 e. The Bertz CT molecular complexity index is 1010. The Morgan fingerprint density at radius 2 is 1.96 bits per heavy atom. The van der Waals surface area contributed by atoms with Gasteiger partial charge in [0.1, 0.15) is 5.82 Å². The molecule has 4 rings (SSSR count). The SMILES string of the molecule is Cc1ccc(CSC2=N[C@H]3CS(=O)(=O)C[C@@H]3N2c2ccc(Br)cc2F)cc1. The zero-order chi connectivity index (χ0) is 19.2. The summed E-state index contributed by atoms with van der Waals surface area (Å²) in [5.74, 6) is 0.338. The summed E-state index contributed by atoms with van der Waals surface area (Å²) in [5.41, 5.74) is 2.72. The van der Waals surface area contributed by atoms with Crippen molar-refractivity contribution in [1.29, 1.82) is 0 Å². The van der Waals surface area contributed by atoms with E-state index in [1.807, 2.05) is 6.92 Å². The van der Waals surface area contributed by atoms with Crippen LogP contribution in [0.3, 0.4) is 0 Å². The number of thioether (sulfide) groups is 1. The Kier molecular flexibility index (Phi) is 5.07. The summed E-state index contributed by atoms with van der Waals surface area (Å²) in [6.45, 7) is 2.04. The molecule has 0 bridgehead atoms. The molecule has 0 amide bonds. The van der Waals surface area contributed by atoms with Crippen molar-refractivity contribution >= 4 is 48.4 Å². The molecule has 2 atom stereocenters. The average molecular weight is 469 g/mol. The molecule has 0 aliphatic carbocycles. The van der Waals surface area contributed by atoms with E-state index in [9.17, 15) is 12.8 Å². The third kappa shape index (κ3) is 3.93. The van der Waals surface area contributed by atoms with Gasteiger partial charge in [-0.25, -0.2) is 12.8 Å². The zero-order valence-electron chi connectivity index (χ0n) is 14.6. The van der Waals surface area contributed by atoms with Crippen LogP contribution in [0.2, 0.25) is 0 Å². The largest absolute Gasteiger partial charge is 0.312 e. The average Bonchev–Trinajstić information content (AvgIpc) is 3.06. The molecule has 0 radical (unpaired) electrons. The standard InChI is InChI=1S/C19H18BrFN2O2S2/c1-12-2-4-13(5-3-12)9-26-19-22-16-10-27(24,25)11-18(16)23(19)17-7-6-14(20)8-15(17)21/h2-8,16,18H,9-11H2,1H3/t16-,18-/m0/s1. The predicted octanol–water partition coefficient (Wildman–Crippen LogP) is 4.17. The lowest BCUT2D eigenvalue weighted by Gasteiger charge is -2.27. The van der Waals surface area contributed by atoms with Gasteiger partial charge in [-0.05, 0) is 30.7 Å². The number of aryl methyl sites for hydroxylation is 1. The number of hydrogen-bond donors (Lipinski definition) is 0. The number of rotatable bonds is 3. The highest BCUT2D eigenvalue weighted by Crippen LogP contribution is 2.37. The maximum Gasteiger partial charge on any atom is 0.164 e. The molecule has 2 heterocycles. The lowest BCUT2D eigenvalue weighted by Crippen LogP contribution is -2.39. The maximum atomic E-state index is 14.6. The Hall–Kier alpha value is -1.38. The van der Waals surface area contributed by atoms with Gasteiger partial charge < -0.3 is 4.90 Å². The van der Waals surface area contributed by atoms with Crippen LogP contribution in [0.5, 0.6) is 0 Å². The van der Waals surface area contributed by atoms with Gasteiger partial charge in [-0.3, -0.25) is 4.99 Å². The highest BCUT2D eigenvalue weighted by molar-refractivity contribution is 9.10. The van der Waals surface area contributed by atoms with E-state index in [1.165, 1.54) is 23.4 Å². The van der Waals surface area contributed by atoms with Crippen molar-refractivity contribution in [3.8, 4) is 0 Å². The summed E-state index contributed by atoms with van der Waals surface area (Å²) in [6, 6.07) is 12.4. The minimum atomic E-state index is -3.15. The lowest BCUT2D eigenvalue weighted by molar-refractivity contribution is 0.600. The molecule has 8 heteroatoms. The summed E-state index contributed by atoms with van der Waals surface area (Å²) >= 11 is 4.79. The molecule has 0 N–H and O–H groups in total. The van der Waals surface area contributed by atoms with E-state index >= 15 is 0 Å². The lowest BCUT2D eigenvalue weighted by atomic mass is 10.1. The molecular formula is C19H18BrFN2O2S2. The molecule has 2 aliphatic rings. The number of anilines is 1. The Balaban J connectivity index is 1.64. The monoisotopic (exact) mass is 468 g/mol. The number of sulfone groups is 1. The highest BCUT2D eigenvalue weighted by Gasteiger charge is 2.47. The molecule has 2 aromatic carbocycles. The van der Waals surface area contributed by atoms with Crippen molar-refractivity contribution in [1.82, 2.24) is 0 Å². The second kappa shape index (κ2) is 7.22. The van der Waals surface area contributed by atoms with Gasteiger partial charge in [0, 0.05) is 10.2 Å². The van der Waals surface area contributed by atoms with Crippen molar-refractivity contribution < 1.29 is 12.8 Å². The van der Waals surface area contributed by atoms with Crippen LogP contribution < -0.4 is 4.90 Å². The van der Waals surface area contributed by atoms with Crippen LogP contribution in [-0.2, 0) is 15.6 Å². The van der Waals surface area contributed by atoms with Crippen molar-refractivity contribution in [2.75, 3.05) is 16.4 Å². The summed E-state index contributed by atoms with van der Waals surface area (Å²) in [4.78, 5) is 6.42. The van der Waals surface area contributed by atoms with Crippen LogP contribution in [-0.4, -0.2) is 37.2 Å². The van der Waals surface area contributed by atoms with Crippen LogP contribution in [0.25, 0.3) is 0 Å². The van der Waals surface area contributed by atoms with Gasteiger partial charge in [0.15, 0.2) is 15.0 Å². The first-order valence-corrected chi connectivity index (χ1v) is 12.1. The minimum Gasteiger partial charge on any atom is -0.312 e. The number of nitrogens with zero attached hydrogens (tertiary/aromatic N) is 2. The van der Waals surface area contributed by atoms with Gasteiger partial charge in [-0.2, -0.15) is 0 Å². The summed E-state index contributed by atoms with van der Waals surface area (Å²) < 4.78 is 39.4. The van der Waals surface area contributed by atoms with Crippen molar-refractivity contribution in [2.24, 2.45) is 4.99 Å². The summed E-state index contributed by atoms with van der Waals surface area (Å²) in [6.07, 6.45) is 0. The van der Waals surface area contributed by atoms with E-state index < -0.39 is 15.7 Å². The Morgan fingerprint density at radius 3 is 2.67 bits per heavy atom. The van der Waals surface area contributed by atoms with E-state index in [2.05, 4.69) is 45.2 Å². The number of benzene rings is 2. The van der Waals surface area contributed by atoms with E-state index in [4.69, 9.17) is 0 Å². The van der Waals surface area contributed by atoms with E-state index in [-0.39, 0.29) is 23.6 Å². The van der Waals surface area contributed by atoms with Gasteiger partial charge in [-0.1, -0.05) is 57.5 Å².